The van der Waals surface area contributed by atoms with Gasteiger partial charge in [-0.2, -0.15) is 0 Å². The molecule has 5 heteroatoms. The standard InChI is InChI=1S/C20H23BrN2O2/c1-15-2-4-16(5-3-15)19(23-10-12-25-13-11-23)14-22-20(24)17-6-8-18(21)9-7-17/h2-9,19H,10-14H2,1H3,(H,22,24)/t19-/m0/s1. The van der Waals surface area contributed by atoms with E-state index >= 15 is 0 Å². The summed E-state index contributed by atoms with van der Waals surface area (Å²) in [6.07, 6.45) is 0. The highest BCUT2D eigenvalue weighted by molar-refractivity contribution is 9.10. The van der Waals surface area contributed by atoms with Crippen molar-refractivity contribution in [1.82, 2.24) is 10.2 Å². The molecular formula is C20H23BrN2O2. The molecule has 132 valence electrons. The van der Waals surface area contributed by atoms with Crippen molar-refractivity contribution in [2.75, 3.05) is 32.8 Å². The smallest absolute Gasteiger partial charge is 0.251 e. The molecule has 1 saturated heterocycles. The van der Waals surface area contributed by atoms with Gasteiger partial charge in [-0.25, -0.2) is 0 Å². The van der Waals surface area contributed by atoms with E-state index in [4.69, 9.17) is 4.74 Å². The van der Waals surface area contributed by atoms with Crippen molar-refractivity contribution in [3.05, 3.63) is 69.7 Å². The number of nitrogens with one attached hydrogen (secondary N) is 1. The van der Waals surface area contributed by atoms with Crippen molar-refractivity contribution in [2.24, 2.45) is 0 Å². The van der Waals surface area contributed by atoms with E-state index in [1.807, 2.05) is 24.3 Å². The maximum Gasteiger partial charge on any atom is 0.251 e. The van der Waals surface area contributed by atoms with Crippen LogP contribution in [0.2, 0.25) is 0 Å². The highest BCUT2D eigenvalue weighted by atomic mass is 79.9. The van der Waals surface area contributed by atoms with E-state index in [0.29, 0.717) is 12.1 Å². The Labute approximate surface area is 157 Å². The molecule has 1 fully saturated rings. The minimum atomic E-state index is -0.0436. The summed E-state index contributed by atoms with van der Waals surface area (Å²) in [5.41, 5.74) is 3.14. The molecule has 2 aromatic carbocycles. The highest BCUT2D eigenvalue weighted by Crippen LogP contribution is 2.22. The molecule has 0 aliphatic carbocycles. The van der Waals surface area contributed by atoms with Crippen LogP contribution in [-0.4, -0.2) is 43.7 Å². The Hall–Kier alpha value is -1.69. The van der Waals surface area contributed by atoms with Gasteiger partial charge in [-0.05, 0) is 36.8 Å². The van der Waals surface area contributed by atoms with Gasteiger partial charge in [0.05, 0.1) is 19.3 Å². The molecule has 1 N–H and O–H groups in total. The van der Waals surface area contributed by atoms with Crippen LogP contribution in [-0.2, 0) is 4.74 Å². The Morgan fingerprint density at radius 1 is 1.12 bits per heavy atom. The lowest BCUT2D eigenvalue weighted by atomic mass is 10.0. The second-order valence-corrected chi connectivity index (χ2v) is 7.21. The fraction of sp³-hybridized carbons (Fsp3) is 0.350. The normalized spacial score (nSPS) is 16.4. The van der Waals surface area contributed by atoms with Crippen LogP contribution in [0.25, 0.3) is 0 Å². The summed E-state index contributed by atoms with van der Waals surface area (Å²) in [5.74, 6) is -0.0436. The summed E-state index contributed by atoms with van der Waals surface area (Å²) in [5, 5.41) is 3.09. The number of carbonyl (C=O) groups excluding carboxylic acids is 1. The third kappa shape index (κ3) is 4.91. The SMILES string of the molecule is Cc1ccc([C@H](CNC(=O)c2ccc(Br)cc2)N2CCOCC2)cc1. The van der Waals surface area contributed by atoms with Crippen LogP contribution in [0.3, 0.4) is 0 Å². The fourth-order valence-corrected chi connectivity index (χ4v) is 3.29. The van der Waals surface area contributed by atoms with Gasteiger partial charge >= 0.3 is 0 Å². The lowest BCUT2D eigenvalue weighted by molar-refractivity contribution is 0.0162. The van der Waals surface area contributed by atoms with Crippen molar-refractivity contribution < 1.29 is 9.53 Å². The van der Waals surface area contributed by atoms with Crippen LogP contribution in [0.1, 0.15) is 27.5 Å². The molecule has 0 aromatic heterocycles. The van der Waals surface area contributed by atoms with Gasteiger partial charge in [-0.3, -0.25) is 9.69 Å². The molecule has 25 heavy (non-hydrogen) atoms. The van der Waals surface area contributed by atoms with Gasteiger partial charge in [0.2, 0.25) is 0 Å². The Balaban J connectivity index is 1.71. The largest absolute Gasteiger partial charge is 0.379 e. The first-order chi connectivity index (χ1) is 12.1. The van der Waals surface area contributed by atoms with Crippen LogP contribution in [0.4, 0.5) is 0 Å². The van der Waals surface area contributed by atoms with Crippen molar-refractivity contribution in [3.8, 4) is 0 Å². The molecule has 1 aliphatic rings. The van der Waals surface area contributed by atoms with E-state index in [1.165, 1.54) is 11.1 Å². The third-order valence-electron chi connectivity index (χ3n) is 4.51. The molecule has 3 rings (SSSR count). The maximum absolute atomic E-state index is 12.5. The average molecular weight is 403 g/mol. The summed E-state index contributed by atoms with van der Waals surface area (Å²) in [4.78, 5) is 14.8. The van der Waals surface area contributed by atoms with Crippen LogP contribution >= 0.6 is 15.9 Å². The van der Waals surface area contributed by atoms with Gasteiger partial charge in [0.25, 0.3) is 5.91 Å². The Morgan fingerprint density at radius 3 is 2.40 bits per heavy atom. The van der Waals surface area contributed by atoms with Crippen molar-refractivity contribution in [2.45, 2.75) is 13.0 Å². The zero-order valence-electron chi connectivity index (χ0n) is 14.4. The predicted octanol–water partition coefficient (Wildman–Crippen LogP) is 3.56. The van der Waals surface area contributed by atoms with Gasteiger partial charge in [0.1, 0.15) is 0 Å². The molecule has 4 nitrogen and oxygen atoms in total. The van der Waals surface area contributed by atoms with Gasteiger partial charge in [-0.15, -0.1) is 0 Å². The third-order valence-corrected chi connectivity index (χ3v) is 5.04. The molecule has 1 amide bonds. The summed E-state index contributed by atoms with van der Waals surface area (Å²) >= 11 is 3.40. The van der Waals surface area contributed by atoms with E-state index in [-0.39, 0.29) is 11.9 Å². The number of ether oxygens (including phenoxy) is 1. The zero-order chi connectivity index (χ0) is 17.6. The topological polar surface area (TPSA) is 41.6 Å². The summed E-state index contributed by atoms with van der Waals surface area (Å²) in [6.45, 7) is 5.91. The van der Waals surface area contributed by atoms with Crippen LogP contribution < -0.4 is 5.32 Å². The lowest BCUT2D eigenvalue weighted by Crippen LogP contribution is -2.43. The van der Waals surface area contributed by atoms with Crippen molar-refractivity contribution >= 4 is 21.8 Å². The highest BCUT2D eigenvalue weighted by Gasteiger charge is 2.23. The average Bonchev–Trinajstić information content (AvgIpc) is 2.64. The molecular weight excluding hydrogens is 380 g/mol. The first kappa shape index (κ1) is 18.1. The lowest BCUT2D eigenvalue weighted by Gasteiger charge is -2.35. The second-order valence-electron chi connectivity index (χ2n) is 6.29. The molecule has 1 aliphatic heterocycles. The molecule has 2 aromatic rings. The maximum atomic E-state index is 12.5. The molecule has 0 bridgehead atoms. The number of nitrogens with zero attached hydrogens (tertiary/aromatic N) is 1. The quantitative estimate of drug-likeness (QED) is 0.830. The number of aryl methyl sites for hydroxylation is 1. The molecule has 1 atom stereocenters. The number of halogens is 1. The zero-order valence-corrected chi connectivity index (χ0v) is 16.0. The Bertz CT molecular complexity index is 695. The second kappa shape index (κ2) is 8.61. The van der Waals surface area contributed by atoms with Gasteiger partial charge in [0.15, 0.2) is 0 Å². The fourth-order valence-electron chi connectivity index (χ4n) is 3.03. The van der Waals surface area contributed by atoms with Crippen LogP contribution in [0.5, 0.6) is 0 Å². The molecule has 0 radical (unpaired) electrons. The number of hydrogen-bond acceptors (Lipinski definition) is 3. The number of rotatable bonds is 5. The van der Waals surface area contributed by atoms with Crippen LogP contribution in [0.15, 0.2) is 53.0 Å². The summed E-state index contributed by atoms with van der Waals surface area (Å²) in [6, 6.07) is 16.1. The number of carbonyl (C=O) groups is 1. The predicted molar refractivity (Wildman–Crippen MR) is 103 cm³/mol. The number of morpholine rings is 1. The number of benzene rings is 2. The summed E-state index contributed by atoms with van der Waals surface area (Å²) in [7, 11) is 0. The number of hydrogen-bond donors (Lipinski definition) is 1. The van der Waals surface area contributed by atoms with E-state index in [0.717, 1.165) is 30.8 Å². The minimum absolute atomic E-state index is 0.0436. The van der Waals surface area contributed by atoms with E-state index in [1.54, 1.807) is 0 Å². The minimum Gasteiger partial charge on any atom is -0.379 e. The number of amides is 1. The van der Waals surface area contributed by atoms with Crippen molar-refractivity contribution in [3.63, 3.8) is 0 Å². The van der Waals surface area contributed by atoms with E-state index in [2.05, 4.69) is 57.3 Å². The van der Waals surface area contributed by atoms with E-state index < -0.39 is 0 Å². The molecule has 0 spiro atoms. The molecule has 0 saturated carbocycles. The molecule has 0 unspecified atom stereocenters. The van der Waals surface area contributed by atoms with Crippen LogP contribution in [0, 0.1) is 6.92 Å². The first-order valence-electron chi connectivity index (χ1n) is 8.55. The van der Waals surface area contributed by atoms with Gasteiger partial charge < -0.3 is 10.1 Å². The van der Waals surface area contributed by atoms with E-state index in [9.17, 15) is 4.79 Å². The molecule has 1 heterocycles. The van der Waals surface area contributed by atoms with Gasteiger partial charge in [-0.1, -0.05) is 45.8 Å². The Kier molecular flexibility index (Phi) is 6.24. The first-order valence-corrected chi connectivity index (χ1v) is 9.35. The van der Waals surface area contributed by atoms with Crippen molar-refractivity contribution in [1.29, 1.82) is 0 Å². The Morgan fingerprint density at radius 2 is 1.76 bits per heavy atom. The van der Waals surface area contributed by atoms with Gasteiger partial charge in [0, 0.05) is 29.7 Å². The monoisotopic (exact) mass is 402 g/mol. The summed E-state index contributed by atoms with van der Waals surface area (Å²) < 4.78 is 6.45.